The summed E-state index contributed by atoms with van der Waals surface area (Å²) >= 11 is 0. The highest BCUT2D eigenvalue weighted by molar-refractivity contribution is 6.13. The second kappa shape index (κ2) is 12.2. The van der Waals surface area contributed by atoms with E-state index < -0.39 is 0 Å². The lowest BCUT2D eigenvalue weighted by Crippen LogP contribution is -2.45. The van der Waals surface area contributed by atoms with Crippen LogP contribution >= 0.6 is 0 Å². The van der Waals surface area contributed by atoms with Crippen LogP contribution in [0.2, 0.25) is 0 Å². The average Bonchev–Trinajstić information content (AvgIpc) is 2.92. The van der Waals surface area contributed by atoms with E-state index in [1.807, 2.05) is 12.1 Å². The Morgan fingerprint density at radius 1 is 1.02 bits per heavy atom. The van der Waals surface area contributed by atoms with Crippen molar-refractivity contribution in [3.8, 4) is 11.5 Å². The molecule has 2 heterocycles. The van der Waals surface area contributed by atoms with Crippen molar-refractivity contribution < 1.29 is 19.1 Å². The van der Waals surface area contributed by atoms with Gasteiger partial charge >= 0.3 is 0 Å². The summed E-state index contributed by atoms with van der Waals surface area (Å²) in [4.78, 5) is 27.0. The highest BCUT2D eigenvalue weighted by Crippen LogP contribution is 2.54. The molecule has 5 nitrogen and oxygen atoms in total. The molecular weight excluding hydrogens is 498 g/mol. The van der Waals surface area contributed by atoms with Gasteiger partial charge in [0.1, 0.15) is 17.1 Å². The average molecular weight is 544 g/mol. The number of benzene rings is 2. The predicted molar refractivity (Wildman–Crippen MR) is 160 cm³/mol. The van der Waals surface area contributed by atoms with Gasteiger partial charge in [-0.25, -0.2) is 0 Å². The second-order valence-corrected chi connectivity index (χ2v) is 12.5. The van der Waals surface area contributed by atoms with E-state index in [1.54, 1.807) is 17.0 Å². The fourth-order valence-electron chi connectivity index (χ4n) is 6.80. The van der Waals surface area contributed by atoms with Crippen molar-refractivity contribution in [2.75, 3.05) is 19.7 Å². The first-order valence-corrected chi connectivity index (χ1v) is 15.3. The number of aryl methyl sites for hydroxylation is 1. The molecule has 5 rings (SSSR count). The number of rotatable bonds is 11. The van der Waals surface area contributed by atoms with Gasteiger partial charge in [0.05, 0.1) is 18.7 Å². The molecule has 0 unspecified atom stereocenters. The van der Waals surface area contributed by atoms with Gasteiger partial charge in [0.2, 0.25) is 0 Å². The van der Waals surface area contributed by atoms with E-state index in [-0.39, 0.29) is 23.8 Å². The van der Waals surface area contributed by atoms with Crippen LogP contribution < -0.4 is 9.47 Å². The highest BCUT2D eigenvalue weighted by atomic mass is 16.5. The van der Waals surface area contributed by atoms with Crippen molar-refractivity contribution in [2.24, 2.45) is 5.92 Å². The summed E-state index contributed by atoms with van der Waals surface area (Å²) in [5.41, 5.74) is 4.89. The summed E-state index contributed by atoms with van der Waals surface area (Å²) in [6, 6.07) is 11.7. The van der Waals surface area contributed by atoms with Crippen molar-refractivity contribution in [3.05, 3.63) is 70.3 Å². The van der Waals surface area contributed by atoms with Gasteiger partial charge in [-0.2, -0.15) is 0 Å². The molecule has 1 aliphatic carbocycles. The molecular formula is C35H45NO4. The van der Waals surface area contributed by atoms with E-state index in [4.69, 9.17) is 9.47 Å². The maximum absolute atomic E-state index is 12.8. The number of Topliss-reactive ketones (excluding diaryl/α,β-unsaturated/α-hetero) is 1. The first-order chi connectivity index (χ1) is 19.3. The van der Waals surface area contributed by atoms with Crippen LogP contribution in [0.4, 0.5) is 0 Å². The van der Waals surface area contributed by atoms with Crippen LogP contribution in [0.5, 0.6) is 11.5 Å². The lowest BCUT2D eigenvalue weighted by atomic mass is 9.67. The van der Waals surface area contributed by atoms with Crippen LogP contribution in [0.25, 0.3) is 0 Å². The monoisotopic (exact) mass is 543 g/mol. The number of nitrogens with zero attached hydrogens (tertiary/aromatic N) is 1. The van der Waals surface area contributed by atoms with Crippen LogP contribution in [-0.2, 0) is 6.42 Å². The van der Waals surface area contributed by atoms with E-state index >= 15 is 0 Å². The lowest BCUT2D eigenvalue weighted by Gasteiger charge is -2.47. The first kappa shape index (κ1) is 28.4. The standard InChI is InChI=1S/C35H45NO4/c1-5-6-8-13-25-21-31(33-28-20-24(2)16-17-29(28)35(3,4)40-32(33)22-25)39-19-12-7-11-18-36-23-30(37)26-14-9-10-15-27(26)34(36)38/h9-10,14-16,21-22,28-29H,5-8,11-13,17-20,23H2,1-4H3/t28-,29-/m1/s1. The number of carbonyl (C=O) groups excluding carboxylic acids is 2. The SMILES string of the molecule is CCCCCc1cc(OCCCCCN2CC(=O)c3ccccc3C2=O)c2c(c1)OC(C)(C)[C@@H]1CC=C(C)C[C@@H]21. The van der Waals surface area contributed by atoms with Gasteiger partial charge in [0.15, 0.2) is 5.78 Å². The van der Waals surface area contributed by atoms with Crippen LogP contribution in [0.15, 0.2) is 48.0 Å². The number of ketones is 1. The van der Waals surface area contributed by atoms with Gasteiger partial charge < -0.3 is 14.4 Å². The Morgan fingerprint density at radius 3 is 2.62 bits per heavy atom. The molecule has 2 aromatic rings. The summed E-state index contributed by atoms with van der Waals surface area (Å²) in [5.74, 6) is 2.85. The smallest absolute Gasteiger partial charge is 0.255 e. The topological polar surface area (TPSA) is 55.8 Å². The van der Waals surface area contributed by atoms with Gasteiger partial charge in [-0.15, -0.1) is 0 Å². The molecule has 0 radical (unpaired) electrons. The first-order valence-electron chi connectivity index (χ1n) is 15.3. The number of ether oxygens (including phenoxy) is 2. The Balaban J connectivity index is 1.23. The third-order valence-electron chi connectivity index (χ3n) is 9.03. The van der Waals surface area contributed by atoms with Crippen LogP contribution in [0.3, 0.4) is 0 Å². The molecule has 40 heavy (non-hydrogen) atoms. The summed E-state index contributed by atoms with van der Waals surface area (Å²) in [7, 11) is 0. The molecule has 5 heteroatoms. The van der Waals surface area contributed by atoms with E-state index in [0.717, 1.165) is 50.0 Å². The Bertz CT molecular complexity index is 1280. The zero-order valence-corrected chi connectivity index (χ0v) is 24.8. The molecule has 0 spiro atoms. The van der Waals surface area contributed by atoms with Gasteiger partial charge in [-0.3, -0.25) is 9.59 Å². The fourth-order valence-corrected chi connectivity index (χ4v) is 6.80. The molecule has 1 amide bonds. The van der Waals surface area contributed by atoms with E-state index in [0.29, 0.717) is 36.1 Å². The molecule has 0 fully saturated rings. The molecule has 2 atom stereocenters. The second-order valence-electron chi connectivity index (χ2n) is 12.5. The van der Waals surface area contributed by atoms with Crippen LogP contribution in [0, 0.1) is 5.92 Å². The lowest BCUT2D eigenvalue weighted by molar-refractivity contribution is 0.00722. The minimum atomic E-state index is -0.206. The van der Waals surface area contributed by atoms with Gasteiger partial charge in [0, 0.05) is 29.5 Å². The molecule has 0 aromatic heterocycles. The Kier molecular flexibility index (Phi) is 8.68. The minimum Gasteiger partial charge on any atom is -0.493 e. The quantitative estimate of drug-likeness (QED) is 0.213. The zero-order valence-electron chi connectivity index (χ0n) is 24.8. The predicted octanol–water partition coefficient (Wildman–Crippen LogP) is 7.92. The number of amides is 1. The van der Waals surface area contributed by atoms with Crippen LogP contribution in [-0.4, -0.2) is 41.9 Å². The van der Waals surface area contributed by atoms with E-state index in [1.165, 1.54) is 36.0 Å². The van der Waals surface area contributed by atoms with Gasteiger partial charge in [-0.1, -0.05) is 49.6 Å². The van der Waals surface area contributed by atoms with Crippen LogP contribution in [0.1, 0.15) is 117 Å². The molecule has 3 aliphatic rings. The van der Waals surface area contributed by atoms with Crippen molar-refractivity contribution in [1.82, 2.24) is 4.90 Å². The fraction of sp³-hybridized carbons (Fsp3) is 0.543. The highest BCUT2D eigenvalue weighted by Gasteiger charge is 2.46. The molecule has 0 saturated heterocycles. The molecule has 0 saturated carbocycles. The van der Waals surface area contributed by atoms with Crippen molar-refractivity contribution in [3.63, 3.8) is 0 Å². The largest absolute Gasteiger partial charge is 0.493 e. The van der Waals surface area contributed by atoms with Crippen molar-refractivity contribution in [2.45, 2.75) is 97.0 Å². The van der Waals surface area contributed by atoms with Crippen molar-refractivity contribution in [1.29, 1.82) is 0 Å². The molecule has 2 aromatic carbocycles. The molecule has 0 bridgehead atoms. The van der Waals surface area contributed by atoms with Gasteiger partial charge in [-0.05, 0) is 89.5 Å². The van der Waals surface area contributed by atoms with Crippen molar-refractivity contribution >= 4 is 11.7 Å². The summed E-state index contributed by atoms with van der Waals surface area (Å²) in [6.07, 6.45) is 11.8. The number of allylic oxidation sites excluding steroid dienone is 2. The number of fused-ring (bicyclic) bond motifs is 4. The molecule has 0 N–H and O–H groups in total. The maximum Gasteiger partial charge on any atom is 0.255 e. The normalized spacial score (nSPS) is 21.2. The Morgan fingerprint density at radius 2 is 1.82 bits per heavy atom. The third-order valence-corrected chi connectivity index (χ3v) is 9.03. The molecule has 2 aliphatic heterocycles. The molecule has 214 valence electrons. The number of unbranched alkanes of at least 4 members (excludes halogenated alkanes) is 4. The maximum atomic E-state index is 12.8. The van der Waals surface area contributed by atoms with Gasteiger partial charge in [0.25, 0.3) is 5.91 Å². The Labute approximate surface area is 239 Å². The third kappa shape index (κ3) is 5.99. The summed E-state index contributed by atoms with van der Waals surface area (Å²) < 4.78 is 13.2. The summed E-state index contributed by atoms with van der Waals surface area (Å²) in [5, 5.41) is 0. The Hall–Kier alpha value is -3.08. The zero-order chi connectivity index (χ0) is 28.3. The number of hydrogen-bond donors (Lipinski definition) is 0. The van der Waals surface area contributed by atoms with E-state index in [2.05, 4.69) is 45.9 Å². The minimum absolute atomic E-state index is 0.0265. The number of carbonyl (C=O) groups is 2. The summed E-state index contributed by atoms with van der Waals surface area (Å²) in [6.45, 7) is 10.4. The van der Waals surface area contributed by atoms with E-state index in [9.17, 15) is 9.59 Å². The number of hydrogen-bond acceptors (Lipinski definition) is 4.